The molecule has 5 aromatic carbocycles. The average molecular weight is 1020 g/mol. The summed E-state index contributed by atoms with van der Waals surface area (Å²) in [5.74, 6) is -5.32. The summed E-state index contributed by atoms with van der Waals surface area (Å²) in [6, 6.07) is 13.4. The molecule has 0 aliphatic carbocycles. The number of aromatic carboxylic acids is 2. The van der Waals surface area contributed by atoms with Crippen LogP contribution in [-0.4, -0.2) is 117 Å². The van der Waals surface area contributed by atoms with Gasteiger partial charge >= 0.3 is 11.9 Å². The third-order valence-electron chi connectivity index (χ3n) is 8.95. The Kier molecular flexibility index (Phi) is 15.8. The number of aliphatic hydroxyl groups is 2. The van der Waals surface area contributed by atoms with Crippen molar-refractivity contribution < 1.29 is 95.0 Å². The van der Waals surface area contributed by atoms with E-state index < -0.39 is 89.4 Å². The minimum Gasteiger partial charge on any atom is -0.505 e. The van der Waals surface area contributed by atoms with E-state index in [0.717, 1.165) is 18.2 Å². The number of benzene rings is 5. The Morgan fingerprint density at radius 3 is 1.90 bits per heavy atom. The average Bonchev–Trinajstić information content (AvgIpc) is 3.65. The summed E-state index contributed by atoms with van der Waals surface area (Å²) in [7, 11) is -8.41. The first-order valence-corrected chi connectivity index (χ1v) is 22.3. The Morgan fingerprint density at radius 1 is 0.710 bits per heavy atom. The number of aromatic nitrogens is 2. The number of hydrogen-bond donors (Lipinski definition) is 9. The normalized spacial score (nSPS) is 12.1. The maximum Gasteiger partial charge on any atom is 0.358 e. The lowest BCUT2D eigenvalue weighted by molar-refractivity contribution is -0.432. The van der Waals surface area contributed by atoms with Gasteiger partial charge in [-0.25, -0.2) is 14.8 Å². The van der Waals surface area contributed by atoms with Gasteiger partial charge in [-0.2, -0.15) is 26.6 Å². The fourth-order valence-corrected chi connectivity index (χ4v) is 7.59. The van der Waals surface area contributed by atoms with Crippen LogP contribution < -0.4 is 14.2 Å². The highest BCUT2D eigenvalue weighted by Gasteiger charge is 2.27. The van der Waals surface area contributed by atoms with Crippen LogP contribution in [0, 0.1) is 0 Å². The number of phenolic OH excluding ortho intramolecular Hbond substituents is 1. The van der Waals surface area contributed by atoms with Crippen molar-refractivity contribution in [1.29, 1.82) is 0 Å². The van der Waals surface area contributed by atoms with E-state index in [1.165, 1.54) is 55.6 Å². The van der Waals surface area contributed by atoms with Gasteiger partial charge in [-0.3, -0.25) is 9.11 Å². The Labute approximate surface area is 390 Å². The quantitative estimate of drug-likeness (QED) is 0.0118. The third kappa shape index (κ3) is 11.5. The Hall–Kier alpha value is -7.72. The molecule has 0 atom stereocenters. The predicted octanol–water partition coefficient (Wildman–Crippen LogP) is 6.75. The lowest BCUT2D eigenvalue weighted by Gasteiger charge is -2.14. The van der Waals surface area contributed by atoms with Gasteiger partial charge in [0.2, 0.25) is 11.6 Å². The zero-order valence-electron chi connectivity index (χ0n) is 34.6. The van der Waals surface area contributed by atoms with Crippen LogP contribution in [0.2, 0.25) is 0 Å². The number of aromatic hydroxyl groups is 2. The van der Waals surface area contributed by atoms with E-state index in [9.17, 15) is 66.2 Å². The molecule has 0 bridgehead atoms. The summed E-state index contributed by atoms with van der Waals surface area (Å²) < 4.78 is 88.2. The van der Waals surface area contributed by atoms with Gasteiger partial charge in [0, 0.05) is 29.0 Å². The molecular formula is C38H32N8O20S3. The molecule has 31 heteroatoms. The Morgan fingerprint density at radius 2 is 1.32 bits per heavy atom. The first-order chi connectivity index (χ1) is 32.8. The number of phenols is 1. The van der Waals surface area contributed by atoms with Gasteiger partial charge in [-0.05, 0) is 42.5 Å². The van der Waals surface area contributed by atoms with E-state index in [1.54, 1.807) is 0 Å². The molecule has 0 spiro atoms. The Bertz CT molecular complexity index is 3290. The molecule has 9 N–H and O–H groups in total. The third-order valence-corrected chi connectivity index (χ3v) is 11.3. The van der Waals surface area contributed by atoms with Gasteiger partial charge in [0.15, 0.2) is 11.4 Å². The van der Waals surface area contributed by atoms with Crippen LogP contribution in [0.1, 0.15) is 20.8 Å². The molecule has 1 aromatic heterocycles. The number of ether oxygens (including phenoxy) is 3. The molecule has 0 amide bonds. The number of azo groups is 3. The maximum absolute atomic E-state index is 12.3. The van der Waals surface area contributed by atoms with Gasteiger partial charge in [-0.15, -0.1) is 35.0 Å². The van der Waals surface area contributed by atoms with Crippen molar-refractivity contribution in [2.75, 3.05) is 33.5 Å². The maximum atomic E-state index is 12.3. The van der Waals surface area contributed by atoms with Crippen molar-refractivity contribution in [2.45, 2.75) is 14.7 Å². The molecule has 0 radical (unpaired) electrons. The van der Waals surface area contributed by atoms with Gasteiger partial charge in [0.1, 0.15) is 63.8 Å². The molecule has 28 nitrogen and oxygen atoms in total. The largest absolute Gasteiger partial charge is 0.505 e. The molecule has 6 aromatic rings. The van der Waals surface area contributed by atoms with Crippen LogP contribution in [0.4, 0.5) is 34.1 Å². The van der Waals surface area contributed by atoms with Gasteiger partial charge in [-0.1, -0.05) is 17.2 Å². The van der Waals surface area contributed by atoms with E-state index in [0.29, 0.717) is 10.7 Å². The number of aliphatic hydroxyl groups excluding tert-OH is 2. The smallest absolute Gasteiger partial charge is 0.358 e. The molecule has 6 rings (SSSR count). The number of carboxylic acid groups (broad SMARTS) is 2. The fourth-order valence-electron chi connectivity index (χ4n) is 5.95. The van der Waals surface area contributed by atoms with E-state index in [4.69, 9.17) is 19.5 Å². The molecular weight excluding hydrogens is 985 g/mol. The van der Waals surface area contributed by atoms with Crippen LogP contribution in [0.25, 0.3) is 16.5 Å². The zero-order valence-corrected chi connectivity index (χ0v) is 37.0. The number of fused-ring (bicyclic) bond motifs is 1. The second-order valence-corrected chi connectivity index (χ2v) is 16.8. The minimum absolute atomic E-state index is 0.0134. The summed E-state index contributed by atoms with van der Waals surface area (Å²) in [4.78, 5) is 22.6. The second-order valence-electron chi connectivity index (χ2n) is 13.2. The number of carboxylic acids is 2. The van der Waals surface area contributed by atoms with E-state index in [2.05, 4.69) is 45.2 Å². The highest BCUT2D eigenvalue weighted by atomic mass is 32.2. The van der Waals surface area contributed by atoms with Gasteiger partial charge in [0.25, 0.3) is 20.2 Å². The highest BCUT2D eigenvalue weighted by Crippen LogP contribution is 2.48. The first-order valence-electron chi connectivity index (χ1n) is 18.7. The summed E-state index contributed by atoms with van der Waals surface area (Å²) in [6.07, 6.45) is 0. The molecule has 1 heterocycles. The van der Waals surface area contributed by atoms with Crippen LogP contribution in [0.3, 0.4) is 0 Å². The van der Waals surface area contributed by atoms with Crippen molar-refractivity contribution >= 4 is 89.1 Å². The Balaban J connectivity index is 1.46. The van der Waals surface area contributed by atoms with Gasteiger partial charge in [0.05, 0.1) is 53.4 Å². The van der Waals surface area contributed by atoms with Crippen molar-refractivity contribution in [3.05, 3.63) is 84.1 Å². The van der Waals surface area contributed by atoms with E-state index >= 15 is 0 Å². The van der Waals surface area contributed by atoms with Crippen molar-refractivity contribution in [3.8, 4) is 34.6 Å². The number of hydrogen-bond acceptors (Lipinski definition) is 24. The predicted molar refractivity (Wildman–Crippen MR) is 232 cm³/mol. The minimum atomic E-state index is -4.85. The lowest BCUT2D eigenvalue weighted by atomic mass is 10.1. The van der Waals surface area contributed by atoms with Crippen LogP contribution in [0.5, 0.6) is 28.9 Å². The van der Waals surface area contributed by atoms with Crippen LogP contribution in [-0.2, 0) is 29.6 Å². The molecule has 0 fully saturated rings. The molecule has 0 aliphatic rings. The van der Waals surface area contributed by atoms with Crippen molar-refractivity contribution in [2.24, 2.45) is 30.7 Å². The van der Waals surface area contributed by atoms with Crippen LogP contribution in [0.15, 0.2) is 118 Å². The highest BCUT2D eigenvalue weighted by molar-refractivity contribution is 7.94. The molecule has 0 saturated heterocycles. The standard InChI is InChI=1S/C38H32N8O20S3/c1-62-18-5-7-24(31(13-18)69(59,60)61)40-41-25-16-29(64-12-10-48)26(17-28(25)63-11-9-47)42-43-32-30(67-66-65-55)15-21-20(35(32)49)3-2-4-27(21)46-36(50)33(34(45-46)38(53)54)44-39-23-8-6-19(68(56,57)58)14-22(23)37(51)52/h2-8,13-17,47-50,55H,9-12H2,1H3,(H,51,52)(H,53,54)(H,56,57,58)(H,59,60,61). The SMILES string of the molecule is COc1ccc(N=Nc2cc(OCCO)c(N=Nc3c(SOOO)cc4c(-n5nc(C(=O)O)c(N=Nc6ccc(S(=O)(=O)O)cc6C(=O)O)c5O)cccc4c3O)cc2OCCO)c(S(=O)(=O)O)c1. The fraction of sp³-hybridized carbons (Fsp3) is 0.132. The monoisotopic (exact) mass is 1020 g/mol. The number of nitrogens with zero attached hydrogens (tertiary/aromatic N) is 8. The van der Waals surface area contributed by atoms with E-state index in [-0.39, 0.29) is 86.6 Å². The topological polar surface area (TPSA) is 423 Å². The molecule has 362 valence electrons. The second kappa shape index (κ2) is 21.5. The van der Waals surface area contributed by atoms with Gasteiger partial charge < -0.3 is 44.8 Å². The molecule has 0 saturated carbocycles. The molecule has 0 unspecified atom stereocenters. The summed E-state index contributed by atoms with van der Waals surface area (Å²) in [5.41, 5.74) is -4.18. The molecule has 0 aliphatic heterocycles. The molecule has 69 heavy (non-hydrogen) atoms. The van der Waals surface area contributed by atoms with Crippen molar-refractivity contribution in [1.82, 2.24) is 9.78 Å². The number of methoxy groups -OCH3 is 1. The summed E-state index contributed by atoms with van der Waals surface area (Å²) in [6.45, 7) is -1.64. The van der Waals surface area contributed by atoms with E-state index in [1.807, 2.05) is 0 Å². The van der Waals surface area contributed by atoms with Crippen LogP contribution >= 0.6 is 12.0 Å². The first kappa shape index (κ1) is 50.7. The summed E-state index contributed by atoms with van der Waals surface area (Å²) in [5, 5.41) is 102. The zero-order chi connectivity index (χ0) is 50.2. The van der Waals surface area contributed by atoms with Crippen molar-refractivity contribution in [3.63, 3.8) is 0 Å². The number of rotatable bonds is 21. The summed E-state index contributed by atoms with van der Waals surface area (Å²) >= 11 is 0.269. The number of carbonyl (C=O) groups is 2. The lowest BCUT2D eigenvalue weighted by Crippen LogP contribution is -2.04.